The second kappa shape index (κ2) is 6.30. The van der Waals surface area contributed by atoms with E-state index in [9.17, 15) is 18.0 Å². The van der Waals surface area contributed by atoms with Crippen LogP contribution in [-0.2, 0) is 0 Å². The van der Waals surface area contributed by atoms with E-state index < -0.39 is 18.6 Å². The van der Waals surface area contributed by atoms with Crippen LogP contribution in [0.2, 0.25) is 0 Å². The van der Waals surface area contributed by atoms with Crippen molar-refractivity contribution in [2.24, 2.45) is 0 Å². The van der Waals surface area contributed by atoms with Crippen LogP contribution < -0.4 is 11.1 Å². The molecule has 0 radical (unpaired) electrons. The molecule has 3 N–H and O–H groups in total. The van der Waals surface area contributed by atoms with Gasteiger partial charge in [-0.3, -0.25) is 4.79 Å². The van der Waals surface area contributed by atoms with Gasteiger partial charge in [0.15, 0.2) is 5.69 Å². The van der Waals surface area contributed by atoms with Crippen LogP contribution in [0.25, 0.3) is 17.1 Å². The van der Waals surface area contributed by atoms with E-state index in [1.165, 1.54) is 10.9 Å². The topological polar surface area (TPSA) is 99.0 Å². The number of alkyl halides is 3. The van der Waals surface area contributed by atoms with E-state index in [0.717, 1.165) is 6.26 Å². The molecule has 7 nitrogen and oxygen atoms in total. The SMILES string of the molecule is Nc1c(-c2nc(C(=O)NCC(F)(F)F)co2)cnn1-c1ccccc1. The van der Waals surface area contributed by atoms with Gasteiger partial charge in [-0.25, -0.2) is 9.67 Å². The van der Waals surface area contributed by atoms with Crippen LogP contribution >= 0.6 is 0 Å². The van der Waals surface area contributed by atoms with Gasteiger partial charge in [-0.15, -0.1) is 0 Å². The van der Waals surface area contributed by atoms with Crippen molar-refractivity contribution in [2.45, 2.75) is 6.18 Å². The number of nitrogen functional groups attached to an aromatic ring is 1. The van der Waals surface area contributed by atoms with E-state index in [1.54, 1.807) is 17.4 Å². The smallest absolute Gasteiger partial charge is 0.405 e. The standard InChI is InChI=1S/C15H12F3N5O2/c16-15(17,18)8-20-13(24)11-7-25-14(22-11)10-6-21-23(12(10)19)9-4-2-1-3-5-9/h1-7H,8,19H2,(H,20,24). The van der Waals surface area contributed by atoms with Gasteiger partial charge in [0, 0.05) is 0 Å². The molecule has 0 bridgehead atoms. The van der Waals surface area contributed by atoms with Gasteiger partial charge < -0.3 is 15.5 Å². The summed E-state index contributed by atoms with van der Waals surface area (Å²) in [4.78, 5) is 15.5. The molecule has 0 aliphatic rings. The Labute approximate surface area is 139 Å². The fraction of sp³-hybridized carbons (Fsp3) is 0.133. The molecule has 1 aromatic carbocycles. The number of oxazole rings is 1. The molecular formula is C15H12F3N5O2. The van der Waals surface area contributed by atoms with Crippen molar-refractivity contribution in [2.75, 3.05) is 12.3 Å². The summed E-state index contributed by atoms with van der Waals surface area (Å²) >= 11 is 0. The number of nitrogens with zero attached hydrogens (tertiary/aromatic N) is 3. The highest BCUT2D eigenvalue weighted by Crippen LogP contribution is 2.27. The van der Waals surface area contributed by atoms with E-state index in [-0.39, 0.29) is 17.4 Å². The van der Waals surface area contributed by atoms with Crippen molar-refractivity contribution in [3.05, 3.63) is 48.5 Å². The monoisotopic (exact) mass is 351 g/mol. The van der Waals surface area contributed by atoms with Crippen molar-refractivity contribution in [3.8, 4) is 17.1 Å². The predicted molar refractivity (Wildman–Crippen MR) is 81.9 cm³/mol. The number of nitrogens with one attached hydrogen (secondary N) is 1. The van der Waals surface area contributed by atoms with Crippen LogP contribution in [0.1, 0.15) is 10.5 Å². The van der Waals surface area contributed by atoms with Crippen LogP contribution in [0.15, 0.2) is 47.2 Å². The third-order valence-corrected chi connectivity index (χ3v) is 3.22. The van der Waals surface area contributed by atoms with Gasteiger partial charge in [0.25, 0.3) is 5.91 Å². The maximum atomic E-state index is 12.1. The Morgan fingerprint density at radius 2 is 2.00 bits per heavy atom. The molecule has 0 spiro atoms. The minimum atomic E-state index is -4.51. The lowest BCUT2D eigenvalue weighted by Crippen LogP contribution is -2.33. The summed E-state index contributed by atoms with van der Waals surface area (Å²) in [6.45, 7) is -1.46. The lowest BCUT2D eigenvalue weighted by Gasteiger charge is -2.06. The summed E-state index contributed by atoms with van der Waals surface area (Å²) in [5.74, 6) is -0.798. The maximum absolute atomic E-state index is 12.1. The molecule has 130 valence electrons. The summed E-state index contributed by atoms with van der Waals surface area (Å²) < 4.78 is 43.0. The Bertz CT molecular complexity index is 886. The number of anilines is 1. The van der Waals surface area contributed by atoms with Crippen LogP contribution in [0.4, 0.5) is 19.0 Å². The minimum Gasteiger partial charge on any atom is -0.443 e. The Hall–Kier alpha value is -3.30. The van der Waals surface area contributed by atoms with Gasteiger partial charge in [0.1, 0.15) is 18.6 Å². The van der Waals surface area contributed by atoms with Crippen LogP contribution in [-0.4, -0.2) is 33.4 Å². The van der Waals surface area contributed by atoms with Gasteiger partial charge in [0.2, 0.25) is 5.89 Å². The molecule has 0 atom stereocenters. The predicted octanol–water partition coefficient (Wildman–Crippen LogP) is 2.40. The Kier molecular flexibility index (Phi) is 4.17. The first kappa shape index (κ1) is 16.6. The zero-order valence-corrected chi connectivity index (χ0v) is 12.6. The highest BCUT2D eigenvalue weighted by atomic mass is 19.4. The average molecular weight is 351 g/mol. The molecule has 1 amide bonds. The quantitative estimate of drug-likeness (QED) is 0.752. The largest absolute Gasteiger partial charge is 0.443 e. The molecule has 0 saturated heterocycles. The summed E-state index contributed by atoms with van der Waals surface area (Å²) in [6, 6.07) is 9.04. The lowest BCUT2D eigenvalue weighted by molar-refractivity contribution is -0.123. The van der Waals surface area contributed by atoms with E-state index in [4.69, 9.17) is 10.2 Å². The second-order valence-corrected chi connectivity index (χ2v) is 5.03. The van der Waals surface area contributed by atoms with Crippen LogP contribution in [0, 0.1) is 0 Å². The molecule has 0 aliphatic carbocycles. The molecule has 25 heavy (non-hydrogen) atoms. The van der Waals surface area contributed by atoms with Crippen molar-refractivity contribution in [1.29, 1.82) is 0 Å². The number of carbonyl (C=O) groups is 1. The number of benzene rings is 1. The van der Waals surface area contributed by atoms with Crippen LogP contribution in [0.5, 0.6) is 0 Å². The van der Waals surface area contributed by atoms with Gasteiger partial charge in [0.05, 0.1) is 17.4 Å². The third kappa shape index (κ3) is 3.62. The first-order valence-corrected chi connectivity index (χ1v) is 7.05. The molecule has 0 aliphatic heterocycles. The van der Waals surface area contributed by atoms with Crippen LogP contribution in [0.3, 0.4) is 0 Å². The minimum absolute atomic E-state index is 0.0168. The fourth-order valence-corrected chi connectivity index (χ4v) is 2.07. The van der Waals surface area contributed by atoms with Crippen molar-refractivity contribution in [3.63, 3.8) is 0 Å². The lowest BCUT2D eigenvalue weighted by atomic mass is 10.3. The number of aromatic nitrogens is 3. The molecule has 0 saturated carbocycles. The van der Waals surface area contributed by atoms with Gasteiger partial charge in [-0.2, -0.15) is 18.3 Å². The fourth-order valence-electron chi connectivity index (χ4n) is 2.07. The van der Waals surface area contributed by atoms with Crippen molar-refractivity contribution >= 4 is 11.7 Å². The van der Waals surface area contributed by atoms with E-state index >= 15 is 0 Å². The van der Waals surface area contributed by atoms with E-state index in [1.807, 2.05) is 18.2 Å². The Morgan fingerprint density at radius 3 is 2.68 bits per heavy atom. The molecule has 0 fully saturated rings. The molecule has 3 aromatic rings. The number of hydrogen-bond acceptors (Lipinski definition) is 5. The Balaban J connectivity index is 1.81. The van der Waals surface area contributed by atoms with E-state index in [0.29, 0.717) is 11.3 Å². The van der Waals surface area contributed by atoms with Crippen molar-refractivity contribution < 1.29 is 22.4 Å². The summed E-state index contributed by atoms with van der Waals surface area (Å²) in [7, 11) is 0. The zero-order chi connectivity index (χ0) is 18.0. The number of amides is 1. The van der Waals surface area contributed by atoms with Gasteiger partial charge in [-0.1, -0.05) is 18.2 Å². The zero-order valence-electron chi connectivity index (χ0n) is 12.6. The molecule has 3 rings (SSSR count). The molecule has 0 unspecified atom stereocenters. The number of rotatable bonds is 4. The van der Waals surface area contributed by atoms with Crippen molar-refractivity contribution in [1.82, 2.24) is 20.1 Å². The average Bonchev–Trinajstić information content (AvgIpc) is 3.19. The Morgan fingerprint density at radius 1 is 1.28 bits per heavy atom. The first-order chi connectivity index (χ1) is 11.8. The number of nitrogens with two attached hydrogens (primary N) is 1. The number of carbonyl (C=O) groups excluding carboxylic acids is 1. The molecule has 2 heterocycles. The summed E-state index contributed by atoms with van der Waals surface area (Å²) in [5.41, 5.74) is 6.76. The van der Waals surface area contributed by atoms with E-state index in [2.05, 4.69) is 10.1 Å². The maximum Gasteiger partial charge on any atom is 0.405 e. The third-order valence-electron chi connectivity index (χ3n) is 3.22. The highest BCUT2D eigenvalue weighted by Gasteiger charge is 2.28. The summed E-state index contributed by atoms with van der Waals surface area (Å²) in [6.07, 6.45) is -2.16. The number of halogens is 3. The molecule has 2 aromatic heterocycles. The van der Waals surface area contributed by atoms with Gasteiger partial charge >= 0.3 is 6.18 Å². The molecular weight excluding hydrogens is 339 g/mol. The number of para-hydroxylation sites is 1. The second-order valence-electron chi connectivity index (χ2n) is 5.03. The summed E-state index contributed by atoms with van der Waals surface area (Å²) in [5, 5.41) is 5.84. The first-order valence-electron chi connectivity index (χ1n) is 7.05. The highest BCUT2D eigenvalue weighted by molar-refractivity contribution is 5.92. The number of hydrogen-bond donors (Lipinski definition) is 2. The molecule has 10 heteroatoms. The normalized spacial score (nSPS) is 11.5. The van der Waals surface area contributed by atoms with Gasteiger partial charge in [-0.05, 0) is 12.1 Å².